The number of benzene rings is 1. The van der Waals surface area contributed by atoms with Gasteiger partial charge in [0.1, 0.15) is 0 Å². The van der Waals surface area contributed by atoms with E-state index < -0.39 is 0 Å². The number of nitrogens with two attached hydrogens (primary N) is 1. The van der Waals surface area contributed by atoms with Gasteiger partial charge in [-0.15, -0.1) is 0 Å². The van der Waals surface area contributed by atoms with E-state index in [1.807, 2.05) is 38.1 Å². The first-order valence-electron chi connectivity index (χ1n) is 5.67. The third-order valence-electron chi connectivity index (χ3n) is 2.27. The molecule has 0 unspecified atom stereocenters. The van der Waals surface area contributed by atoms with Gasteiger partial charge in [-0.2, -0.15) is 0 Å². The van der Waals surface area contributed by atoms with Gasteiger partial charge in [0, 0.05) is 23.0 Å². The second kappa shape index (κ2) is 6.17. The molecule has 4 heteroatoms. The van der Waals surface area contributed by atoms with Gasteiger partial charge in [-0.25, -0.2) is 0 Å². The average molecular weight is 299 g/mol. The lowest BCUT2D eigenvalue weighted by atomic mass is 10.1. The van der Waals surface area contributed by atoms with E-state index in [1.54, 1.807) is 0 Å². The highest BCUT2D eigenvalue weighted by Gasteiger charge is 2.11. The number of aryl methyl sites for hydroxylation is 1. The Morgan fingerprint density at radius 3 is 2.76 bits per heavy atom. The third-order valence-corrected chi connectivity index (χ3v) is 2.76. The van der Waals surface area contributed by atoms with Crippen LogP contribution in [0, 0.1) is 0 Å². The molecule has 3 nitrogen and oxygen atoms in total. The van der Waals surface area contributed by atoms with Gasteiger partial charge in [-0.3, -0.25) is 4.79 Å². The number of hydrogen-bond donors (Lipinski definition) is 2. The predicted molar refractivity (Wildman–Crippen MR) is 73.7 cm³/mol. The molecule has 0 saturated heterocycles. The highest BCUT2D eigenvalue weighted by Crippen LogP contribution is 2.12. The number of carbonyl (C=O) groups is 1. The Kier molecular flexibility index (Phi) is 5.15. The van der Waals surface area contributed by atoms with Crippen molar-refractivity contribution in [1.82, 2.24) is 5.32 Å². The summed E-state index contributed by atoms with van der Waals surface area (Å²) >= 11 is 3.41. The van der Waals surface area contributed by atoms with Crippen molar-refractivity contribution in [2.45, 2.75) is 32.2 Å². The van der Waals surface area contributed by atoms with Crippen LogP contribution in [0.3, 0.4) is 0 Å². The van der Waals surface area contributed by atoms with Gasteiger partial charge in [-0.1, -0.05) is 28.1 Å². The smallest absolute Gasteiger partial charge is 0.220 e. The molecule has 0 aromatic heterocycles. The van der Waals surface area contributed by atoms with E-state index in [2.05, 4.69) is 21.2 Å². The van der Waals surface area contributed by atoms with Crippen LogP contribution in [-0.2, 0) is 11.2 Å². The zero-order chi connectivity index (χ0) is 12.9. The van der Waals surface area contributed by atoms with Gasteiger partial charge in [-0.05, 0) is 38.0 Å². The number of carbonyl (C=O) groups excluding carboxylic acids is 1. The van der Waals surface area contributed by atoms with Gasteiger partial charge in [0.2, 0.25) is 5.91 Å². The van der Waals surface area contributed by atoms with Gasteiger partial charge in [0.15, 0.2) is 0 Å². The first kappa shape index (κ1) is 14.2. The zero-order valence-electron chi connectivity index (χ0n) is 10.3. The van der Waals surface area contributed by atoms with Crippen LogP contribution < -0.4 is 11.1 Å². The molecule has 0 bridgehead atoms. The fraction of sp³-hybridized carbons (Fsp3) is 0.462. The molecule has 0 spiro atoms. The van der Waals surface area contributed by atoms with Crippen LogP contribution in [0.25, 0.3) is 0 Å². The fourth-order valence-corrected chi connectivity index (χ4v) is 1.81. The molecule has 94 valence electrons. The van der Waals surface area contributed by atoms with E-state index in [0.717, 1.165) is 16.5 Å². The van der Waals surface area contributed by atoms with Crippen molar-refractivity contribution in [3.05, 3.63) is 34.3 Å². The minimum Gasteiger partial charge on any atom is -0.354 e. The van der Waals surface area contributed by atoms with Crippen LogP contribution in [-0.4, -0.2) is 18.0 Å². The largest absolute Gasteiger partial charge is 0.354 e. The number of hydrogen-bond acceptors (Lipinski definition) is 2. The minimum absolute atomic E-state index is 0.0449. The standard InChI is InChI=1S/C13H19BrN2O/c1-13(2,15)9-16-12(17)7-6-10-4-3-5-11(14)8-10/h3-5,8H,6-7,9,15H2,1-2H3,(H,16,17). The molecule has 0 radical (unpaired) electrons. The molecule has 1 amide bonds. The molecule has 0 heterocycles. The third kappa shape index (κ3) is 6.44. The highest BCUT2D eigenvalue weighted by atomic mass is 79.9. The molecule has 0 aliphatic carbocycles. The summed E-state index contributed by atoms with van der Waals surface area (Å²) in [6.07, 6.45) is 1.24. The van der Waals surface area contributed by atoms with Crippen LogP contribution in [0.4, 0.5) is 0 Å². The minimum atomic E-state index is -0.356. The molecule has 3 N–H and O–H groups in total. The zero-order valence-corrected chi connectivity index (χ0v) is 11.9. The summed E-state index contributed by atoms with van der Waals surface area (Å²) in [6.45, 7) is 4.29. The Morgan fingerprint density at radius 1 is 1.47 bits per heavy atom. The van der Waals surface area contributed by atoms with E-state index in [9.17, 15) is 4.79 Å². The van der Waals surface area contributed by atoms with Gasteiger partial charge in [0.25, 0.3) is 0 Å². The van der Waals surface area contributed by atoms with E-state index in [1.165, 1.54) is 0 Å². The Bertz CT molecular complexity index is 385. The van der Waals surface area contributed by atoms with Crippen molar-refractivity contribution in [2.24, 2.45) is 5.73 Å². The molecule has 0 fully saturated rings. The summed E-state index contributed by atoms with van der Waals surface area (Å²) in [4.78, 5) is 11.6. The molecule has 1 rings (SSSR count). The number of rotatable bonds is 5. The molecule has 17 heavy (non-hydrogen) atoms. The van der Waals surface area contributed by atoms with Crippen LogP contribution in [0.15, 0.2) is 28.7 Å². The first-order valence-corrected chi connectivity index (χ1v) is 6.46. The van der Waals surface area contributed by atoms with Crippen molar-refractivity contribution in [3.8, 4) is 0 Å². The highest BCUT2D eigenvalue weighted by molar-refractivity contribution is 9.10. The Labute approximate surface area is 111 Å². The van der Waals surface area contributed by atoms with Gasteiger partial charge in [0.05, 0.1) is 0 Å². The summed E-state index contributed by atoms with van der Waals surface area (Å²) in [5.74, 6) is 0.0449. The lowest BCUT2D eigenvalue weighted by Gasteiger charge is -2.18. The lowest BCUT2D eigenvalue weighted by molar-refractivity contribution is -0.121. The molecule has 1 aromatic carbocycles. The normalized spacial score (nSPS) is 11.3. The van der Waals surface area contributed by atoms with E-state index in [4.69, 9.17) is 5.73 Å². The maximum Gasteiger partial charge on any atom is 0.220 e. The van der Waals surface area contributed by atoms with Crippen molar-refractivity contribution >= 4 is 21.8 Å². The lowest BCUT2D eigenvalue weighted by Crippen LogP contribution is -2.45. The van der Waals surface area contributed by atoms with Crippen LogP contribution in [0.1, 0.15) is 25.8 Å². The number of nitrogens with one attached hydrogen (secondary N) is 1. The second-order valence-electron chi connectivity index (χ2n) is 4.90. The summed E-state index contributed by atoms with van der Waals surface area (Å²) in [6, 6.07) is 7.99. The maximum atomic E-state index is 11.6. The monoisotopic (exact) mass is 298 g/mol. The number of halogens is 1. The Morgan fingerprint density at radius 2 is 2.18 bits per heavy atom. The molecule has 0 aliphatic heterocycles. The first-order chi connectivity index (χ1) is 7.87. The maximum absolute atomic E-state index is 11.6. The average Bonchev–Trinajstić information content (AvgIpc) is 2.23. The molecular formula is C13H19BrN2O. The summed E-state index contributed by atoms with van der Waals surface area (Å²) < 4.78 is 1.04. The summed E-state index contributed by atoms with van der Waals surface area (Å²) in [5, 5.41) is 2.83. The molecule has 1 aromatic rings. The Balaban J connectivity index is 2.33. The van der Waals surface area contributed by atoms with Gasteiger partial charge >= 0.3 is 0 Å². The molecule has 0 atom stereocenters. The van der Waals surface area contributed by atoms with Crippen LogP contribution in [0.2, 0.25) is 0 Å². The van der Waals surface area contributed by atoms with Crippen molar-refractivity contribution in [3.63, 3.8) is 0 Å². The summed E-state index contributed by atoms with van der Waals surface area (Å²) in [7, 11) is 0. The second-order valence-corrected chi connectivity index (χ2v) is 5.81. The molecule has 0 saturated carbocycles. The van der Waals surface area contributed by atoms with Crippen LogP contribution >= 0.6 is 15.9 Å². The van der Waals surface area contributed by atoms with E-state index in [0.29, 0.717) is 13.0 Å². The SMILES string of the molecule is CC(C)(N)CNC(=O)CCc1cccc(Br)c1. The van der Waals surface area contributed by atoms with Crippen LogP contribution in [0.5, 0.6) is 0 Å². The number of amides is 1. The Hall–Kier alpha value is -0.870. The summed E-state index contributed by atoms with van der Waals surface area (Å²) in [5.41, 5.74) is 6.59. The molecule has 0 aliphatic rings. The van der Waals surface area contributed by atoms with Crippen molar-refractivity contribution in [1.29, 1.82) is 0 Å². The van der Waals surface area contributed by atoms with Gasteiger partial charge < -0.3 is 11.1 Å². The van der Waals surface area contributed by atoms with E-state index in [-0.39, 0.29) is 11.4 Å². The van der Waals surface area contributed by atoms with E-state index >= 15 is 0 Å². The quantitative estimate of drug-likeness (QED) is 0.876. The fourth-order valence-electron chi connectivity index (χ4n) is 1.37. The predicted octanol–water partition coefficient (Wildman–Crippen LogP) is 2.24. The van der Waals surface area contributed by atoms with Crippen molar-refractivity contribution in [2.75, 3.05) is 6.54 Å². The topological polar surface area (TPSA) is 55.1 Å². The molecular weight excluding hydrogens is 280 g/mol. The van der Waals surface area contributed by atoms with Crippen molar-refractivity contribution < 1.29 is 4.79 Å².